The Bertz CT molecular complexity index is 1780. The molecular weight excluding hydrogens is 621 g/mol. The molecule has 1 saturated carbocycles. The number of anilines is 1. The van der Waals surface area contributed by atoms with Crippen LogP contribution in [0.1, 0.15) is 53.9 Å². The van der Waals surface area contributed by atoms with Crippen LogP contribution < -0.4 is 14.4 Å². The van der Waals surface area contributed by atoms with Gasteiger partial charge in [-0.05, 0) is 56.5 Å². The van der Waals surface area contributed by atoms with Crippen LogP contribution in [0.25, 0.3) is 0 Å². The first-order valence-electron chi connectivity index (χ1n) is 16.0. The lowest BCUT2D eigenvalue weighted by molar-refractivity contribution is -0.0352. The molecule has 47 heavy (non-hydrogen) atoms. The van der Waals surface area contributed by atoms with Gasteiger partial charge in [0.15, 0.2) is 11.0 Å². The summed E-state index contributed by atoms with van der Waals surface area (Å²) in [5, 5.41) is 8.20. The summed E-state index contributed by atoms with van der Waals surface area (Å²) >= 11 is 6.43. The van der Waals surface area contributed by atoms with Crippen molar-refractivity contribution in [2.75, 3.05) is 31.6 Å². The third-order valence-corrected chi connectivity index (χ3v) is 9.69. The number of hydrogen-bond donors (Lipinski definition) is 0. The van der Waals surface area contributed by atoms with Crippen molar-refractivity contribution in [3.05, 3.63) is 94.1 Å². The smallest absolute Gasteiger partial charge is 0.343 e. The predicted octanol–water partition coefficient (Wildman–Crippen LogP) is 5.94. The van der Waals surface area contributed by atoms with Crippen LogP contribution in [0.3, 0.4) is 0 Å². The molecule has 1 amide bonds. The number of rotatable bonds is 9. The van der Waals surface area contributed by atoms with Crippen molar-refractivity contribution in [2.45, 2.75) is 58.3 Å². The Labute approximate surface area is 278 Å². The van der Waals surface area contributed by atoms with Crippen molar-refractivity contribution in [1.29, 1.82) is 0 Å². The SMILES string of the molecule is CC(C)N(C)C(=O)c1cc(F)ccc1Oc1nnc(Cl)c(N2CC3(CC(Oc4ccnc5c4CN(Cc4ccccc4)CC5)C3)C2)n1. The average molecular weight is 658 g/mol. The van der Waals surface area contributed by atoms with Crippen LogP contribution in [0.15, 0.2) is 60.8 Å². The van der Waals surface area contributed by atoms with Gasteiger partial charge in [0.1, 0.15) is 23.4 Å². The molecule has 3 aliphatic rings. The highest BCUT2D eigenvalue weighted by atomic mass is 35.5. The second-order valence-corrected chi connectivity index (χ2v) is 13.5. The molecule has 0 unspecified atom stereocenters. The topological polar surface area (TPSA) is 96.8 Å². The van der Waals surface area contributed by atoms with Crippen LogP contribution in [-0.2, 0) is 19.5 Å². The molecule has 4 aromatic rings. The summed E-state index contributed by atoms with van der Waals surface area (Å²) in [7, 11) is 1.65. The number of fused-ring (bicyclic) bond motifs is 1. The summed E-state index contributed by atoms with van der Waals surface area (Å²) in [5.74, 6) is 0.616. The molecule has 2 aromatic carbocycles. The maximum absolute atomic E-state index is 14.1. The van der Waals surface area contributed by atoms with Gasteiger partial charge in [-0.3, -0.25) is 14.7 Å². The van der Waals surface area contributed by atoms with E-state index in [0.717, 1.165) is 69.5 Å². The third kappa shape index (κ3) is 6.46. The predicted molar refractivity (Wildman–Crippen MR) is 175 cm³/mol. The zero-order valence-electron chi connectivity index (χ0n) is 26.7. The minimum atomic E-state index is -0.545. The zero-order chi connectivity index (χ0) is 32.7. The van der Waals surface area contributed by atoms with E-state index in [1.165, 1.54) is 28.2 Å². The summed E-state index contributed by atoms with van der Waals surface area (Å²) in [6.45, 7) is 7.96. The minimum absolute atomic E-state index is 0.0724. The van der Waals surface area contributed by atoms with Crippen molar-refractivity contribution in [1.82, 2.24) is 30.0 Å². The molecule has 244 valence electrons. The van der Waals surface area contributed by atoms with Gasteiger partial charge in [-0.25, -0.2) is 4.39 Å². The summed E-state index contributed by atoms with van der Waals surface area (Å²) < 4.78 is 26.6. The molecule has 0 atom stereocenters. The highest BCUT2D eigenvalue weighted by Gasteiger charge is 2.54. The van der Waals surface area contributed by atoms with E-state index in [4.69, 9.17) is 21.1 Å². The average Bonchev–Trinajstić information content (AvgIpc) is 3.03. The van der Waals surface area contributed by atoms with Crippen molar-refractivity contribution in [2.24, 2.45) is 5.41 Å². The van der Waals surface area contributed by atoms with Crippen molar-refractivity contribution in [3.63, 3.8) is 0 Å². The molecule has 7 rings (SSSR count). The van der Waals surface area contributed by atoms with Gasteiger partial charge in [-0.15, -0.1) is 5.10 Å². The maximum atomic E-state index is 14.1. The monoisotopic (exact) mass is 657 g/mol. The first kappa shape index (κ1) is 31.3. The highest BCUT2D eigenvalue weighted by molar-refractivity contribution is 6.31. The minimum Gasteiger partial charge on any atom is -0.490 e. The lowest BCUT2D eigenvalue weighted by atomic mass is 9.61. The number of ether oxygens (including phenoxy) is 2. The number of carbonyl (C=O) groups excluding carboxylic acids is 1. The molecule has 0 radical (unpaired) electrons. The lowest BCUT2D eigenvalue weighted by Crippen LogP contribution is -2.65. The third-order valence-electron chi connectivity index (χ3n) is 9.44. The molecule has 2 aromatic heterocycles. The molecule has 1 aliphatic carbocycles. The van der Waals surface area contributed by atoms with Crippen molar-refractivity contribution >= 4 is 23.3 Å². The van der Waals surface area contributed by atoms with Crippen LogP contribution >= 0.6 is 11.6 Å². The molecular formula is C35H37ClFN7O3. The number of benzene rings is 2. The molecule has 1 saturated heterocycles. The number of nitrogens with zero attached hydrogens (tertiary/aromatic N) is 7. The fourth-order valence-corrected chi connectivity index (χ4v) is 6.91. The Balaban J connectivity index is 0.976. The summed E-state index contributed by atoms with van der Waals surface area (Å²) in [6.07, 6.45) is 4.76. The molecule has 2 aliphatic heterocycles. The first-order chi connectivity index (χ1) is 22.7. The van der Waals surface area contributed by atoms with Gasteiger partial charge in [-0.1, -0.05) is 47.0 Å². The molecule has 2 fully saturated rings. The van der Waals surface area contributed by atoms with E-state index in [2.05, 4.69) is 54.2 Å². The largest absolute Gasteiger partial charge is 0.490 e. The standard InChI is InChI=1S/C35H37ClFN7O3/c1-22(2)42(3)33(45)26-15-24(37)9-10-29(26)47-34-39-32(31(36)40-41-34)44-20-35(21-44)16-25(17-35)46-30-11-13-38-28-12-14-43(19-27(28)30)18-23-7-5-4-6-8-23/h4-11,13,15,22,25H,12,14,16-21H2,1-3H3. The molecule has 0 bridgehead atoms. The van der Waals surface area contributed by atoms with E-state index in [9.17, 15) is 9.18 Å². The van der Waals surface area contributed by atoms with Gasteiger partial charge in [0.25, 0.3) is 5.91 Å². The van der Waals surface area contributed by atoms with E-state index < -0.39 is 5.82 Å². The van der Waals surface area contributed by atoms with E-state index in [1.54, 1.807) is 7.05 Å². The number of halogens is 2. The number of pyridine rings is 1. The van der Waals surface area contributed by atoms with Gasteiger partial charge in [-0.2, -0.15) is 4.98 Å². The van der Waals surface area contributed by atoms with Crippen LogP contribution in [0.5, 0.6) is 17.5 Å². The molecule has 10 nitrogen and oxygen atoms in total. The number of hydrogen-bond acceptors (Lipinski definition) is 9. The molecule has 12 heteroatoms. The normalized spacial score (nSPS) is 17.2. The second-order valence-electron chi connectivity index (χ2n) is 13.1. The second kappa shape index (κ2) is 12.7. The van der Waals surface area contributed by atoms with E-state index in [-0.39, 0.29) is 45.9 Å². The first-order valence-corrected chi connectivity index (χ1v) is 16.3. The van der Waals surface area contributed by atoms with E-state index in [0.29, 0.717) is 5.82 Å². The Morgan fingerprint density at radius 2 is 1.89 bits per heavy atom. The molecule has 1 spiro atoms. The van der Waals surface area contributed by atoms with Gasteiger partial charge in [0.2, 0.25) is 0 Å². The summed E-state index contributed by atoms with van der Waals surface area (Å²) in [6, 6.07) is 16.2. The van der Waals surface area contributed by atoms with E-state index >= 15 is 0 Å². The van der Waals surface area contributed by atoms with Crippen LogP contribution in [-0.4, -0.2) is 74.7 Å². The van der Waals surface area contributed by atoms with E-state index in [1.807, 2.05) is 32.2 Å². The molecule has 0 N–H and O–H groups in total. The fraction of sp³-hybridized carbons (Fsp3) is 0.400. The Hall–Kier alpha value is -4.35. The highest BCUT2D eigenvalue weighted by Crippen LogP contribution is 2.51. The Morgan fingerprint density at radius 3 is 2.66 bits per heavy atom. The molecule has 4 heterocycles. The summed E-state index contributed by atoms with van der Waals surface area (Å²) in [5.41, 5.74) is 3.82. The van der Waals surface area contributed by atoms with Gasteiger partial charge in [0.05, 0.1) is 5.56 Å². The summed E-state index contributed by atoms with van der Waals surface area (Å²) in [4.78, 5) is 28.2. The van der Waals surface area contributed by atoms with Crippen LogP contribution in [0.4, 0.5) is 10.2 Å². The van der Waals surface area contributed by atoms with Crippen molar-refractivity contribution < 1.29 is 18.7 Å². The Kier molecular flexibility index (Phi) is 8.44. The van der Waals surface area contributed by atoms with Crippen molar-refractivity contribution in [3.8, 4) is 17.5 Å². The van der Waals surface area contributed by atoms with Crippen LogP contribution in [0.2, 0.25) is 5.15 Å². The van der Waals surface area contributed by atoms with Crippen LogP contribution in [0, 0.1) is 11.2 Å². The van der Waals surface area contributed by atoms with Gasteiger partial charge >= 0.3 is 6.01 Å². The lowest BCUT2D eigenvalue weighted by Gasteiger charge is -2.58. The number of carbonyl (C=O) groups is 1. The fourth-order valence-electron chi connectivity index (χ4n) is 6.71. The van der Waals surface area contributed by atoms with Gasteiger partial charge < -0.3 is 19.3 Å². The van der Waals surface area contributed by atoms with Gasteiger partial charge in [0, 0.05) is 75.1 Å². The maximum Gasteiger partial charge on any atom is 0.343 e. The Morgan fingerprint density at radius 1 is 1.11 bits per heavy atom. The zero-order valence-corrected chi connectivity index (χ0v) is 27.5. The number of amides is 1. The number of aromatic nitrogens is 4. The quantitative estimate of drug-likeness (QED) is 0.217.